The number of aryl methyl sites for hydroxylation is 3. The Hall–Kier alpha value is -2.91. The van der Waals surface area contributed by atoms with Gasteiger partial charge in [-0.2, -0.15) is 0 Å². The highest BCUT2D eigenvalue weighted by molar-refractivity contribution is 7.18. The number of H-pyrrole nitrogens is 1. The summed E-state index contributed by atoms with van der Waals surface area (Å²) in [5.41, 5.74) is 2.48. The lowest BCUT2D eigenvalue weighted by molar-refractivity contribution is -0.116. The lowest BCUT2D eigenvalue weighted by Crippen LogP contribution is -2.16. The van der Waals surface area contributed by atoms with Crippen LogP contribution in [0.25, 0.3) is 21.5 Å². The number of anilines is 1. The molecule has 4 rings (SSSR count). The van der Waals surface area contributed by atoms with Crippen LogP contribution in [0.4, 0.5) is 5.13 Å². The SMILES string of the molecule is Cc1sc2nc(CCC(=O)Nc3nc(-c4cccnc4)cs3)[nH]c(=O)c2c1C. The molecule has 2 N–H and O–H groups in total. The summed E-state index contributed by atoms with van der Waals surface area (Å²) in [5.74, 6) is 0.345. The maximum atomic E-state index is 12.3. The highest BCUT2D eigenvalue weighted by atomic mass is 32.1. The molecule has 7 nitrogen and oxygen atoms in total. The number of pyridine rings is 1. The van der Waals surface area contributed by atoms with Gasteiger partial charge in [0.15, 0.2) is 5.13 Å². The van der Waals surface area contributed by atoms with Gasteiger partial charge in [0.25, 0.3) is 5.56 Å². The summed E-state index contributed by atoms with van der Waals surface area (Å²) in [4.78, 5) is 42.1. The molecule has 0 atom stereocenters. The number of nitrogens with zero attached hydrogens (tertiary/aromatic N) is 3. The summed E-state index contributed by atoms with van der Waals surface area (Å²) in [6.45, 7) is 3.90. The van der Waals surface area contributed by atoms with Crippen LogP contribution >= 0.6 is 22.7 Å². The number of aromatic nitrogens is 4. The largest absolute Gasteiger partial charge is 0.310 e. The molecule has 0 unspecified atom stereocenters. The molecule has 0 radical (unpaired) electrons. The van der Waals surface area contributed by atoms with E-state index < -0.39 is 0 Å². The molecular weight excluding hydrogens is 394 g/mol. The lowest BCUT2D eigenvalue weighted by Gasteiger charge is -2.02. The molecule has 4 aromatic rings. The van der Waals surface area contributed by atoms with Gasteiger partial charge in [0.05, 0.1) is 11.1 Å². The number of carbonyl (C=O) groups is 1. The first-order chi connectivity index (χ1) is 13.5. The fourth-order valence-electron chi connectivity index (χ4n) is 2.81. The highest BCUT2D eigenvalue weighted by Gasteiger charge is 2.13. The number of rotatable bonds is 5. The maximum absolute atomic E-state index is 12.3. The number of fused-ring (bicyclic) bond motifs is 1. The Bertz CT molecular complexity index is 1210. The number of thiazole rings is 1. The molecule has 0 aliphatic heterocycles. The molecule has 4 aromatic heterocycles. The lowest BCUT2D eigenvalue weighted by atomic mass is 10.2. The van der Waals surface area contributed by atoms with Crippen molar-refractivity contribution in [3.63, 3.8) is 0 Å². The van der Waals surface area contributed by atoms with Gasteiger partial charge in [-0.1, -0.05) is 0 Å². The first-order valence-electron chi connectivity index (χ1n) is 8.66. The summed E-state index contributed by atoms with van der Waals surface area (Å²) in [7, 11) is 0. The van der Waals surface area contributed by atoms with Gasteiger partial charge in [0.2, 0.25) is 5.91 Å². The molecule has 0 spiro atoms. The van der Waals surface area contributed by atoms with Gasteiger partial charge in [-0.05, 0) is 31.5 Å². The molecule has 9 heteroatoms. The van der Waals surface area contributed by atoms with Crippen LogP contribution in [0, 0.1) is 13.8 Å². The van der Waals surface area contributed by atoms with Crippen molar-refractivity contribution < 1.29 is 4.79 Å². The van der Waals surface area contributed by atoms with E-state index in [9.17, 15) is 9.59 Å². The first kappa shape index (κ1) is 18.5. The van der Waals surface area contributed by atoms with E-state index >= 15 is 0 Å². The Morgan fingerprint density at radius 1 is 1.29 bits per heavy atom. The van der Waals surface area contributed by atoms with Crippen LogP contribution in [0.5, 0.6) is 0 Å². The average Bonchev–Trinajstić information content (AvgIpc) is 3.25. The molecule has 4 heterocycles. The van der Waals surface area contributed by atoms with E-state index in [1.807, 2.05) is 31.4 Å². The van der Waals surface area contributed by atoms with Gasteiger partial charge in [-0.15, -0.1) is 22.7 Å². The predicted octanol–water partition coefficient (Wildman–Crippen LogP) is 3.69. The Kier molecular flexibility index (Phi) is 5.01. The molecule has 0 bridgehead atoms. The van der Waals surface area contributed by atoms with E-state index in [-0.39, 0.29) is 17.9 Å². The van der Waals surface area contributed by atoms with E-state index in [2.05, 4.69) is 25.3 Å². The van der Waals surface area contributed by atoms with Crippen molar-refractivity contribution in [2.24, 2.45) is 0 Å². The standard InChI is InChI=1S/C19H17N5O2S2/c1-10-11(2)28-18-16(10)17(26)22-14(23-18)5-6-15(25)24-19-21-13(9-27-19)12-4-3-7-20-8-12/h3-4,7-9H,5-6H2,1-2H3,(H,21,24,25)(H,22,23,26). The second kappa shape index (κ2) is 7.61. The molecule has 0 saturated heterocycles. The number of carbonyl (C=O) groups excluding carboxylic acids is 1. The zero-order chi connectivity index (χ0) is 19.7. The third kappa shape index (κ3) is 3.71. The smallest absolute Gasteiger partial charge is 0.259 e. The molecule has 0 aromatic carbocycles. The summed E-state index contributed by atoms with van der Waals surface area (Å²) in [6, 6.07) is 3.76. The normalized spacial score (nSPS) is 11.1. The third-order valence-electron chi connectivity index (χ3n) is 4.38. The fourth-order valence-corrected chi connectivity index (χ4v) is 4.59. The van der Waals surface area contributed by atoms with E-state index in [1.165, 1.54) is 22.7 Å². The second-order valence-corrected chi connectivity index (χ2v) is 8.37. The topological polar surface area (TPSA) is 101 Å². The minimum atomic E-state index is -0.173. The zero-order valence-corrected chi connectivity index (χ0v) is 16.9. The molecule has 1 amide bonds. The van der Waals surface area contributed by atoms with Crippen LogP contribution in [0.1, 0.15) is 22.7 Å². The van der Waals surface area contributed by atoms with E-state index in [1.54, 1.807) is 12.4 Å². The predicted molar refractivity (Wildman–Crippen MR) is 112 cm³/mol. The van der Waals surface area contributed by atoms with Gasteiger partial charge in [-0.3, -0.25) is 14.6 Å². The Morgan fingerprint density at radius 3 is 2.93 bits per heavy atom. The average molecular weight is 412 g/mol. The third-order valence-corrected chi connectivity index (χ3v) is 6.24. The van der Waals surface area contributed by atoms with Gasteiger partial charge < -0.3 is 10.3 Å². The zero-order valence-electron chi connectivity index (χ0n) is 15.3. The van der Waals surface area contributed by atoms with Crippen molar-refractivity contribution in [3.8, 4) is 11.3 Å². The van der Waals surface area contributed by atoms with Gasteiger partial charge in [0, 0.05) is 41.1 Å². The molecule has 142 valence electrons. The number of hydrogen-bond acceptors (Lipinski definition) is 7. The van der Waals surface area contributed by atoms with Crippen LogP contribution in [-0.2, 0) is 11.2 Å². The van der Waals surface area contributed by atoms with Crippen molar-refractivity contribution in [2.75, 3.05) is 5.32 Å². The Labute approximate surface area is 168 Å². The van der Waals surface area contributed by atoms with Gasteiger partial charge >= 0.3 is 0 Å². The van der Waals surface area contributed by atoms with Crippen molar-refractivity contribution in [1.82, 2.24) is 19.9 Å². The minimum absolute atomic E-state index is 0.150. The van der Waals surface area contributed by atoms with Crippen LogP contribution in [-0.4, -0.2) is 25.8 Å². The fraction of sp³-hybridized carbons (Fsp3) is 0.211. The van der Waals surface area contributed by atoms with E-state index in [4.69, 9.17) is 0 Å². The molecule has 28 heavy (non-hydrogen) atoms. The van der Waals surface area contributed by atoms with Crippen molar-refractivity contribution in [2.45, 2.75) is 26.7 Å². The summed E-state index contributed by atoms with van der Waals surface area (Å²) < 4.78 is 0. The van der Waals surface area contributed by atoms with E-state index in [0.717, 1.165) is 26.5 Å². The number of nitrogens with one attached hydrogen (secondary N) is 2. The van der Waals surface area contributed by atoms with Gasteiger partial charge in [-0.25, -0.2) is 9.97 Å². The van der Waals surface area contributed by atoms with Crippen LogP contribution in [0.15, 0.2) is 34.7 Å². The molecule has 0 aliphatic rings. The maximum Gasteiger partial charge on any atom is 0.259 e. The molecular formula is C19H17N5O2S2. The van der Waals surface area contributed by atoms with Crippen molar-refractivity contribution in [3.05, 3.63) is 56.5 Å². The molecule has 0 aliphatic carbocycles. The Balaban J connectivity index is 1.42. The second-order valence-electron chi connectivity index (χ2n) is 6.30. The van der Waals surface area contributed by atoms with Crippen molar-refractivity contribution >= 4 is 43.9 Å². The highest BCUT2D eigenvalue weighted by Crippen LogP contribution is 2.26. The van der Waals surface area contributed by atoms with Crippen LogP contribution in [0.2, 0.25) is 0 Å². The molecule has 0 fully saturated rings. The summed E-state index contributed by atoms with van der Waals surface area (Å²) in [6.07, 6.45) is 3.99. The monoisotopic (exact) mass is 411 g/mol. The minimum Gasteiger partial charge on any atom is -0.310 e. The number of amides is 1. The van der Waals surface area contributed by atoms with Crippen LogP contribution in [0.3, 0.4) is 0 Å². The Morgan fingerprint density at radius 2 is 2.14 bits per heavy atom. The number of thiophene rings is 1. The van der Waals surface area contributed by atoms with Crippen LogP contribution < -0.4 is 10.9 Å². The number of aromatic amines is 1. The number of hydrogen-bond donors (Lipinski definition) is 2. The molecule has 0 saturated carbocycles. The van der Waals surface area contributed by atoms with E-state index in [0.29, 0.717) is 22.8 Å². The quantitative estimate of drug-likeness (QED) is 0.522. The first-order valence-corrected chi connectivity index (χ1v) is 10.4. The summed E-state index contributed by atoms with van der Waals surface area (Å²) >= 11 is 2.86. The summed E-state index contributed by atoms with van der Waals surface area (Å²) in [5, 5.41) is 5.85. The van der Waals surface area contributed by atoms with Crippen molar-refractivity contribution in [1.29, 1.82) is 0 Å². The van der Waals surface area contributed by atoms with Gasteiger partial charge in [0.1, 0.15) is 10.7 Å².